The van der Waals surface area contributed by atoms with E-state index in [9.17, 15) is 14.4 Å². The van der Waals surface area contributed by atoms with E-state index in [-0.39, 0.29) is 31.1 Å². The van der Waals surface area contributed by atoms with Crippen molar-refractivity contribution < 1.29 is 28.6 Å². The summed E-state index contributed by atoms with van der Waals surface area (Å²) in [6, 6.07) is 0. The van der Waals surface area contributed by atoms with Crippen molar-refractivity contribution in [2.75, 3.05) is 13.2 Å². The minimum absolute atomic E-state index is 0.0766. The predicted molar refractivity (Wildman–Crippen MR) is 307 cm³/mol. The van der Waals surface area contributed by atoms with E-state index in [4.69, 9.17) is 14.2 Å². The van der Waals surface area contributed by atoms with E-state index in [0.29, 0.717) is 19.3 Å². The Kier molecular flexibility index (Phi) is 56.3. The minimum Gasteiger partial charge on any atom is -0.462 e. The summed E-state index contributed by atoms with van der Waals surface area (Å²) in [6.07, 6.45) is 77.6. The average molecular weight is 990 g/mol. The Morgan fingerprint density at radius 1 is 0.296 bits per heavy atom. The van der Waals surface area contributed by atoms with E-state index in [1.165, 1.54) is 141 Å². The molecule has 0 aliphatic rings. The molecule has 408 valence electrons. The number of esters is 3. The molecule has 0 N–H and O–H groups in total. The topological polar surface area (TPSA) is 78.9 Å². The Morgan fingerprint density at radius 2 is 0.549 bits per heavy atom. The summed E-state index contributed by atoms with van der Waals surface area (Å²) >= 11 is 0. The summed E-state index contributed by atoms with van der Waals surface area (Å²) in [5.74, 6) is -0.886. The zero-order valence-corrected chi connectivity index (χ0v) is 46.7. The second kappa shape index (κ2) is 59.2. The van der Waals surface area contributed by atoms with E-state index in [0.717, 1.165) is 109 Å². The fraction of sp³-hybridized carbons (Fsp3) is 0.738. The van der Waals surface area contributed by atoms with Gasteiger partial charge >= 0.3 is 17.9 Å². The van der Waals surface area contributed by atoms with Crippen LogP contribution in [0.1, 0.15) is 290 Å². The van der Waals surface area contributed by atoms with Crippen LogP contribution in [0.5, 0.6) is 0 Å². The van der Waals surface area contributed by atoms with Gasteiger partial charge in [-0.3, -0.25) is 14.4 Å². The second-order valence-corrected chi connectivity index (χ2v) is 19.9. The van der Waals surface area contributed by atoms with Gasteiger partial charge in [0.25, 0.3) is 0 Å². The van der Waals surface area contributed by atoms with Gasteiger partial charge in [-0.05, 0) is 96.3 Å². The predicted octanol–water partition coefficient (Wildman–Crippen LogP) is 20.3. The summed E-state index contributed by atoms with van der Waals surface area (Å²) in [4.78, 5) is 37.9. The van der Waals surface area contributed by atoms with Crippen molar-refractivity contribution in [2.45, 2.75) is 297 Å². The van der Waals surface area contributed by atoms with Crippen LogP contribution in [0.25, 0.3) is 0 Å². The Hall–Kier alpha value is -3.41. The highest BCUT2D eigenvalue weighted by molar-refractivity contribution is 5.71. The lowest BCUT2D eigenvalue weighted by atomic mass is 10.0. The molecular formula is C65H112O6. The van der Waals surface area contributed by atoms with Crippen LogP contribution in [0.3, 0.4) is 0 Å². The third kappa shape index (κ3) is 57.4. The van der Waals surface area contributed by atoms with E-state index >= 15 is 0 Å². The number of carbonyl (C=O) groups is 3. The maximum atomic E-state index is 12.8. The van der Waals surface area contributed by atoms with Crippen LogP contribution in [0.4, 0.5) is 0 Å². The quantitative estimate of drug-likeness (QED) is 0.0261. The van der Waals surface area contributed by atoms with Crippen molar-refractivity contribution in [1.29, 1.82) is 0 Å². The van der Waals surface area contributed by atoms with Crippen molar-refractivity contribution in [1.82, 2.24) is 0 Å². The smallest absolute Gasteiger partial charge is 0.306 e. The van der Waals surface area contributed by atoms with Gasteiger partial charge in [0.05, 0.1) is 0 Å². The van der Waals surface area contributed by atoms with E-state index in [2.05, 4.69) is 106 Å². The summed E-state index contributed by atoms with van der Waals surface area (Å²) in [5, 5.41) is 0. The number of hydrogen-bond acceptors (Lipinski definition) is 6. The van der Waals surface area contributed by atoms with E-state index in [1.807, 2.05) is 0 Å². The van der Waals surface area contributed by atoms with Gasteiger partial charge in [-0.2, -0.15) is 0 Å². The number of unbranched alkanes of at least 4 members (excludes halogenated alkanes) is 29. The lowest BCUT2D eigenvalue weighted by Gasteiger charge is -2.18. The van der Waals surface area contributed by atoms with Crippen molar-refractivity contribution in [3.8, 4) is 0 Å². The first-order valence-corrected chi connectivity index (χ1v) is 30.1. The highest BCUT2D eigenvalue weighted by atomic mass is 16.6. The molecule has 0 saturated carbocycles. The molecule has 0 aromatic carbocycles. The molecule has 0 spiro atoms. The molecule has 0 amide bonds. The van der Waals surface area contributed by atoms with Gasteiger partial charge in [-0.25, -0.2) is 0 Å². The van der Waals surface area contributed by atoms with Crippen LogP contribution >= 0.6 is 0 Å². The molecule has 6 nitrogen and oxygen atoms in total. The SMILES string of the molecule is CC/C=C\C/C=C\C/C=C\C/C=C\C/C=C\C/C=C\CCCCCCCCCCCCCCCCC(=O)OCC(COC(=O)CCCCCCCCC)OC(=O)CCCCCCC/C=C\CCCCCC. The summed E-state index contributed by atoms with van der Waals surface area (Å²) in [5.41, 5.74) is 0. The van der Waals surface area contributed by atoms with Gasteiger partial charge in [0.15, 0.2) is 6.10 Å². The van der Waals surface area contributed by atoms with Crippen LogP contribution in [0.15, 0.2) is 85.1 Å². The highest BCUT2D eigenvalue weighted by Gasteiger charge is 2.19. The lowest BCUT2D eigenvalue weighted by Crippen LogP contribution is -2.30. The summed E-state index contributed by atoms with van der Waals surface area (Å²) in [6.45, 7) is 6.47. The largest absolute Gasteiger partial charge is 0.462 e. The monoisotopic (exact) mass is 989 g/mol. The van der Waals surface area contributed by atoms with Crippen LogP contribution < -0.4 is 0 Å². The molecule has 1 unspecified atom stereocenters. The van der Waals surface area contributed by atoms with Crippen molar-refractivity contribution >= 4 is 17.9 Å². The van der Waals surface area contributed by atoms with Crippen molar-refractivity contribution in [3.05, 3.63) is 85.1 Å². The molecule has 1 atom stereocenters. The van der Waals surface area contributed by atoms with Gasteiger partial charge in [0, 0.05) is 19.3 Å². The molecule has 0 aliphatic carbocycles. The van der Waals surface area contributed by atoms with Gasteiger partial charge in [-0.1, -0.05) is 260 Å². The molecule has 0 saturated heterocycles. The zero-order valence-electron chi connectivity index (χ0n) is 46.7. The molecule has 6 heteroatoms. The number of rotatable bonds is 54. The zero-order chi connectivity index (χ0) is 51.4. The van der Waals surface area contributed by atoms with E-state index in [1.54, 1.807) is 0 Å². The van der Waals surface area contributed by atoms with Gasteiger partial charge in [0.1, 0.15) is 13.2 Å². The van der Waals surface area contributed by atoms with Gasteiger partial charge in [-0.15, -0.1) is 0 Å². The Morgan fingerprint density at radius 3 is 0.887 bits per heavy atom. The molecule has 0 rings (SSSR count). The summed E-state index contributed by atoms with van der Waals surface area (Å²) in [7, 11) is 0. The normalized spacial score (nSPS) is 12.7. The van der Waals surface area contributed by atoms with Crippen LogP contribution in [-0.2, 0) is 28.6 Å². The number of allylic oxidation sites excluding steroid dienone is 14. The maximum Gasteiger partial charge on any atom is 0.306 e. The fourth-order valence-electron chi connectivity index (χ4n) is 8.38. The maximum absolute atomic E-state index is 12.8. The minimum atomic E-state index is -0.775. The third-order valence-corrected chi connectivity index (χ3v) is 12.9. The highest BCUT2D eigenvalue weighted by Crippen LogP contribution is 2.16. The summed E-state index contributed by atoms with van der Waals surface area (Å²) < 4.78 is 16.8. The lowest BCUT2D eigenvalue weighted by molar-refractivity contribution is -0.167. The fourth-order valence-corrected chi connectivity index (χ4v) is 8.38. The van der Waals surface area contributed by atoms with Crippen LogP contribution in [0.2, 0.25) is 0 Å². The molecule has 71 heavy (non-hydrogen) atoms. The number of hydrogen-bond donors (Lipinski definition) is 0. The average Bonchev–Trinajstić information content (AvgIpc) is 3.37. The first-order valence-electron chi connectivity index (χ1n) is 30.1. The van der Waals surface area contributed by atoms with Gasteiger partial charge < -0.3 is 14.2 Å². The first kappa shape index (κ1) is 67.6. The van der Waals surface area contributed by atoms with Crippen molar-refractivity contribution in [3.63, 3.8) is 0 Å². The molecule has 0 heterocycles. The second-order valence-electron chi connectivity index (χ2n) is 19.9. The Balaban J connectivity index is 4.02. The van der Waals surface area contributed by atoms with Crippen molar-refractivity contribution in [2.24, 2.45) is 0 Å². The molecule has 0 radical (unpaired) electrons. The number of carbonyl (C=O) groups excluding carboxylic acids is 3. The number of ether oxygens (including phenoxy) is 3. The molecule has 0 aliphatic heterocycles. The third-order valence-electron chi connectivity index (χ3n) is 12.9. The Bertz CT molecular complexity index is 1370. The molecule has 0 aromatic heterocycles. The molecule has 0 bridgehead atoms. The van der Waals surface area contributed by atoms with Crippen LogP contribution in [-0.4, -0.2) is 37.2 Å². The standard InChI is InChI=1S/C65H112O6/c1-4-7-10-13-16-18-20-22-23-24-25-26-27-28-29-30-31-32-33-34-35-36-37-38-39-40-41-43-44-46-49-52-55-58-64(67)70-61-62(60-69-63(66)57-54-51-48-15-12-9-6-3)71-65(68)59-56-53-50-47-45-42-21-19-17-14-11-8-5-2/h7,10,16,18-19,21-23,25-26,28-29,31-32,62H,4-6,8-9,11-15,17,20,24,27,30,33-61H2,1-3H3/b10-7-,18-16-,21-19-,23-22-,26-25-,29-28-,32-31-. The van der Waals surface area contributed by atoms with Crippen LogP contribution in [0, 0.1) is 0 Å². The molecule has 0 fully saturated rings. The van der Waals surface area contributed by atoms with Gasteiger partial charge in [0.2, 0.25) is 0 Å². The first-order chi connectivity index (χ1) is 35.0. The molecule has 0 aromatic rings. The molecular weight excluding hydrogens is 877 g/mol. The van der Waals surface area contributed by atoms with E-state index < -0.39 is 6.10 Å². The Labute approximate surface area is 439 Å².